The van der Waals surface area contributed by atoms with E-state index in [4.69, 9.17) is 0 Å². The van der Waals surface area contributed by atoms with Crippen LogP contribution in [-0.4, -0.2) is 48.3 Å². The highest BCUT2D eigenvalue weighted by atomic mass is 16.3. The van der Waals surface area contributed by atoms with E-state index in [9.17, 15) is 5.11 Å². The Morgan fingerprint density at radius 3 is 2.23 bits per heavy atom. The summed E-state index contributed by atoms with van der Waals surface area (Å²) in [6.45, 7) is 4.12. The lowest BCUT2D eigenvalue weighted by Gasteiger charge is -2.28. The number of hydrogen-bond donors (Lipinski definition) is 2. The van der Waals surface area contributed by atoms with E-state index >= 15 is 0 Å². The van der Waals surface area contributed by atoms with Crippen molar-refractivity contribution >= 4 is 0 Å². The second-order valence-electron chi connectivity index (χ2n) is 4.24. The predicted octanol–water partition coefficient (Wildman–Crippen LogP) is 0.195. The number of nitrogens with zero attached hydrogens (tertiary/aromatic N) is 1. The Labute approximate surface area is 80.1 Å². The van der Waals surface area contributed by atoms with E-state index in [1.807, 2.05) is 0 Å². The van der Waals surface area contributed by atoms with E-state index in [2.05, 4.69) is 10.2 Å². The van der Waals surface area contributed by atoms with Gasteiger partial charge in [0.1, 0.15) is 0 Å². The van der Waals surface area contributed by atoms with Gasteiger partial charge in [-0.3, -0.25) is 4.90 Å². The van der Waals surface area contributed by atoms with Crippen LogP contribution in [0.5, 0.6) is 0 Å². The van der Waals surface area contributed by atoms with E-state index < -0.39 is 0 Å². The second-order valence-corrected chi connectivity index (χ2v) is 4.24. The summed E-state index contributed by atoms with van der Waals surface area (Å²) in [6, 6.07) is 0.387. The number of likely N-dealkylation sites (tertiary alicyclic amines) is 1. The van der Waals surface area contributed by atoms with Gasteiger partial charge in [0.2, 0.25) is 0 Å². The predicted molar refractivity (Wildman–Crippen MR) is 52.7 cm³/mol. The molecule has 0 aliphatic carbocycles. The molecule has 0 aromatic carbocycles. The van der Waals surface area contributed by atoms with Gasteiger partial charge in [-0.1, -0.05) is 12.8 Å². The van der Waals surface area contributed by atoms with Gasteiger partial charge in [0, 0.05) is 19.1 Å². The molecule has 0 aromatic rings. The van der Waals surface area contributed by atoms with Crippen LogP contribution in [0.15, 0.2) is 0 Å². The molecule has 76 valence electrons. The molecule has 2 atom stereocenters. The highest BCUT2D eigenvalue weighted by Gasteiger charge is 2.30. The van der Waals surface area contributed by atoms with Gasteiger partial charge in [-0.15, -0.1) is 0 Å². The lowest BCUT2D eigenvalue weighted by Crippen LogP contribution is -2.43. The zero-order valence-corrected chi connectivity index (χ0v) is 8.21. The molecule has 2 heterocycles. The van der Waals surface area contributed by atoms with Crippen molar-refractivity contribution in [2.75, 3.05) is 26.2 Å². The second kappa shape index (κ2) is 4.40. The quantitative estimate of drug-likeness (QED) is 0.611. The molecule has 0 bridgehead atoms. The highest BCUT2D eigenvalue weighted by molar-refractivity contribution is 4.88. The average molecular weight is 184 g/mol. The normalized spacial score (nSPS) is 37.6. The summed E-state index contributed by atoms with van der Waals surface area (Å²) >= 11 is 0. The molecule has 0 radical (unpaired) electrons. The third-order valence-electron chi connectivity index (χ3n) is 3.26. The summed E-state index contributed by atoms with van der Waals surface area (Å²) in [6.07, 6.45) is 5.21. The molecule has 2 N–H and O–H groups in total. The van der Waals surface area contributed by atoms with Crippen molar-refractivity contribution in [3.05, 3.63) is 0 Å². The lowest BCUT2D eigenvalue weighted by atomic mass is 10.2. The average Bonchev–Trinajstić information content (AvgIpc) is 2.43. The van der Waals surface area contributed by atoms with Crippen molar-refractivity contribution in [2.45, 2.75) is 37.8 Å². The van der Waals surface area contributed by atoms with E-state index in [0.717, 1.165) is 13.1 Å². The van der Waals surface area contributed by atoms with Gasteiger partial charge in [-0.2, -0.15) is 0 Å². The molecule has 2 aliphatic heterocycles. The van der Waals surface area contributed by atoms with E-state index in [0.29, 0.717) is 6.04 Å². The van der Waals surface area contributed by atoms with Crippen LogP contribution in [0.1, 0.15) is 25.7 Å². The van der Waals surface area contributed by atoms with Gasteiger partial charge in [-0.25, -0.2) is 0 Å². The molecular weight excluding hydrogens is 164 g/mol. The summed E-state index contributed by atoms with van der Waals surface area (Å²) in [5.41, 5.74) is 0. The Morgan fingerprint density at radius 1 is 1.00 bits per heavy atom. The largest absolute Gasteiger partial charge is 0.390 e. The first-order valence-corrected chi connectivity index (χ1v) is 5.51. The summed E-state index contributed by atoms with van der Waals surface area (Å²) < 4.78 is 0. The van der Waals surface area contributed by atoms with Crippen molar-refractivity contribution in [1.29, 1.82) is 0 Å². The maximum atomic E-state index is 9.73. The summed E-state index contributed by atoms with van der Waals surface area (Å²) in [7, 11) is 0. The topological polar surface area (TPSA) is 35.5 Å². The zero-order chi connectivity index (χ0) is 9.10. The molecule has 2 fully saturated rings. The Hall–Kier alpha value is -0.120. The number of hydrogen-bond acceptors (Lipinski definition) is 3. The lowest BCUT2D eigenvalue weighted by molar-refractivity contribution is 0.0853. The Balaban J connectivity index is 1.89. The number of nitrogens with one attached hydrogen (secondary N) is 1. The highest BCUT2D eigenvalue weighted by Crippen LogP contribution is 2.16. The van der Waals surface area contributed by atoms with Crippen LogP contribution >= 0.6 is 0 Å². The molecule has 13 heavy (non-hydrogen) atoms. The van der Waals surface area contributed by atoms with Crippen LogP contribution in [0, 0.1) is 0 Å². The smallest absolute Gasteiger partial charge is 0.0831 e. The van der Waals surface area contributed by atoms with Crippen molar-refractivity contribution in [1.82, 2.24) is 10.2 Å². The van der Waals surface area contributed by atoms with Gasteiger partial charge < -0.3 is 10.4 Å². The third-order valence-corrected chi connectivity index (χ3v) is 3.26. The standard InChI is InChI=1S/C10H20N2O/c13-10-8-11-7-9(10)12-5-3-1-2-4-6-12/h9-11,13H,1-8H2/t9-,10-/m0/s1. The molecule has 0 saturated carbocycles. The Morgan fingerprint density at radius 2 is 1.69 bits per heavy atom. The van der Waals surface area contributed by atoms with Crippen LogP contribution in [-0.2, 0) is 0 Å². The maximum absolute atomic E-state index is 9.73. The molecule has 0 spiro atoms. The third kappa shape index (κ3) is 2.22. The first-order chi connectivity index (χ1) is 6.38. The molecule has 2 saturated heterocycles. The summed E-state index contributed by atoms with van der Waals surface area (Å²) in [5, 5.41) is 13.0. The zero-order valence-electron chi connectivity index (χ0n) is 8.21. The van der Waals surface area contributed by atoms with E-state index in [-0.39, 0.29) is 6.10 Å². The van der Waals surface area contributed by atoms with Crippen molar-refractivity contribution < 1.29 is 5.11 Å². The van der Waals surface area contributed by atoms with Gasteiger partial charge >= 0.3 is 0 Å². The monoisotopic (exact) mass is 184 g/mol. The number of β-amino-alcohol motifs (C(OH)–C–C–N with tert-alkyl or cyclic N) is 1. The maximum Gasteiger partial charge on any atom is 0.0831 e. The fourth-order valence-corrected chi connectivity index (χ4v) is 2.45. The van der Waals surface area contributed by atoms with Crippen molar-refractivity contribution in [3.8, 4) is 0 Å². The molecule has 0 aromatic heterocycles. The van der Waals surface area contributed by atoms with Crippen LogP contribution < -0.4 is 5.32 Å². The Bertz CT molecular complexity index is 155. The molecule has 3 heteroatoms. The van der Waals surface area contributed by atoms with Crippen LogP contribution in [0.3, 0.4) is 0 Å². The summed E-state index contributed by atoms with van der Waals surface area (Å²) in [4.78, 5) is 2.47. The van der Waals surface area contributed by atoms with E-state index in [1.54, 1.807) is 0 Å². The molecular formula is C10H20N2O. The van der Waals surface area contributed by atoms with Crippen molar-refractivity contribution in [3.63, 3.8) is 0 Å². The fourth-order valence-electron chi connectivity index (χ4n) is 2.45. The molecule has 0 amide bonds. The SMILES string of the molecule is O[C@H]1CNC[C@@H]1N1CCCCCC1. The number of rotatable bonds is 1. The van der Waals surface area contributed by atoms with Crippen molar-refractivity contribution in [2.24, 2.45) is 0 Å². The van der Waals surface area contributed by atoms with Gasteiger partial charge in [-0.05, 0) is 25.9 Å². The van der Waals surface area contributed by atoms with E-state index in [1.165, 1.54) is 38.8 Å². The van der Waals surface area contributed by atoms with Gasteiger partial charge in [0.05, 0.1) is 6.10 Å². The van der Waals surface area contributed by atoms with Crippen LogP contribution in [0.25, 0.3) is 0 Å². The molecule has 3 nitrogen and oxygen atoms in total. The van der Waals surface area contributed by atoms with Gasteiger partial charge in [0.25, 0.3) is 0 Å². The minimum Gasteiger partial charge on any atom is -0.390 e. The minimum absolute atomic E-state index is 0.141. The summed E-state index contributed by atoms with van der Waals surface area (Å²) in [5.74, 6) is 0. The van der Waals surface area contributed by atoms with Gasteiger partial charge in [0.15, 0.2) is 0 Å². The van der Waals surface area contributed by atoms with Crippen LogP contribution in [0.2, 0.25) is 0 Å². The van der Waals surface area contributed by atoms with Crippen LogP contribution in [0.4, 0.5) is 0 Å². The minimum atomic E-state index is -0.141. The fraction of sp³-hybridized carbons (Fsp3) is 1.00. The first-order valence-electron chi connectivity index (χ1n) is 5.51. The Kier molecular flexibility index (Phi) is 3.19. The number of aliphatic hydroxyl groups excluding tert-OH is 1. The molecule has 2 aliphatic rings. The molecule has 0 unspecified atom stereocenters. The first kappa shape index (κ1) is 9.44. The molecule has 2 rings (SSSR count). The number of aliphatic hydroxyl groups is 1.